The zero-order chi connectivity index (χ0) is 17.2. The summed E-state index contributed by atoms with van der Waals surface area (Å²) in [6.07, 6.45) is -0.610. The van der Waals surface area contributed by atoms with Gasteiger partial charge in [0.2, 0.25) is 5.82 Å². The SMILES string of the molecule is CC(C)NC(Cc1c(F)c(F)c(F)c(F)c1F)C(=O)C(C)C. The number of rotatable bonds is 6. The lowest BCUT2D eigenvalue weighted by Gasteiger charge is -2.22. The van der Waals surface area contributed by atoms with Crippen molar-refractivity contribution in [3.8, 4) is 0 Å². The standard InChI is InChI=1S/C15H18F5NO/c1-6(2)15(22)9(21-7(3)4)5-8-10(16)12(18)14(20)13(19)11(8)17/h6-7,9,21H,5H2,1-4H3. The van der Waals surface area contributed by atoms with Crippen molar-refractivity contribution in [1.29, 1.82) is 0 Å². The van der Waals surface area contributed by atoms with Gasteiger partial charge in [-0.2, -0.15) is 0 Å². The van der Waals surface area contributed by atoms with Crippen LogP contribution in [-0.2, 0) is 11.2 Å². The van der Waals surface area contributed by atoms with E-state index in [-0.39, 0.29) is 11.8 Å². The molecule has 1 aromatic carbocycles. The fraction of sp³-hybridized carbons (Fsp3) is 0.533. The highest BCUT2D eigenvalue weighted by atomic mass is 19.2. The minimum atomic E-state index is -2.21. The molecule has 0 radical (unpaired) electrons. The van der Waals surface area contributed by atoms with E-state index in [4.69, 9.17) is 0 Å². The summed E-state index contributed by atoms with van der Waals surface area (Å²) >= 11 is 0. The van der Waals surface area contributed by atoms with Gasteiger partial charge < -0.3 is 5.32 Å². The van der Waals surface area contributed by atoms with E-state index >= 15 is 0 Å². The monoisotopic (exact) mass is 323 g/mol. The van der Waals surface area contributed by atoms with Gasteiger partial charge in [0.15, 0.2) is 29.1 Å². The molecule has 0 heterocycles. The van der Waals surface area contributed by atoms with E-state index in [1.807, 2.05) is 0 Å². The summed E-state index contributed by atoms with van der Waals surface area (Å²) in [4.78, 5) is 12.1. The highest BCUT2D eigenvalue weighted by Gasteiger charge is 2.30. The van der Waals surface area contributed by atoms with E-state index in [0.717, 1.165) is 0 Å². The first-order valence-electron chi connectivity index (χ1n) is 6.87. The molecule has 0 aliphatic rings. The first kappa shape index (κ1) is 18.5. The maximum atomic E-state index is 13.7. The zero-order valence-corrected chi connectivity index (χ0v) is 12.7. The van der Waals surface area contributed by atoms with Crippen LogP contribution in [0.2, 0.25) is 0 Å². The summed E-state index contributed by atoms with van der Waals surface area (Å²) in [5.41, 5.74) is -0.983. The maximum Gasteiger partial charge on any atom is 0.200 e. The van der Waals surface area contributed by atoms with Gasteiger partial charge in [-0.25, -0.2) is 22.0 Å². The smallest absolute Gasteiger partial charge is 0.200 e. The maximum absolute atomic E-state index is 13.7. The number of nitrogens with one attached hydrogen (secondary N) is 1. The average Bonchev–Trinajstić information content (AvgIpc) is 2.45. The van der Waals surface area contributed by atoms with Crippen molar-refractivity contribution in [2.75, 3.05) is 0 Å². The van der Waals surface area contributed by atoms with Gasteiger partial charge in [-0.3, -0.25) is 4.79 Å². The van der Waals surface area contributed by atoms with Crippen LogP contribution >= 0.6 is 0 Å². The molecule has 124 valence electrons. The lowest BCUT2D eigenvalue weighted by molar-refractivity contribution is -0.124. The number of hydrogen-bond donors (Lipinski definition) is 1. The van der Waals surface area contributed by atoms with Gasteiger partial charge in [0, 0.05) is 23.9 Å². The molecule has 0 fully saturated rings. The quantitative estimate of drug-likeness (QED) is 0.493. The van der Waals surface area contributed by atoms with Gasteiger partial charge >= 0.3 is 0 Å². The normalized spacial score (nSPS) is 13.0. The van der Waals surface area contributed by atoms with E-state index in [2.05, 4.69) is 5.32 Å². The van der Waals surface area contributed by atoms with Gasteiger partial charge in [0.1, 0.15) is 0 Å². The molecule has 1 unspecified atom stereocenters. The Morgan fingerprint density at radius 1 is 0.864 bits per heavy atom. The Labute approximate surface area is 125 Å². The van der Waals surface area contributed by atoms with Crippen LogP contribution in [0.25, 0.3) is 0 Å². The minimum Gasteiger partial charge on any atom is -0.305 e. The molecular weight excluding hydrogens is 305 g/mol. The lowest BCUT2D eigenvalue weighted by atomic mass is 9.94. The molecule has 0 bridgehead atoms. The van der Waals surface area contributed by atoms with E-state index in [1.165, 1.54) is 0 Å². The number of Topliss-reactive ketones (excluding diaryl/α,β-unsaturated/α-hetero) is 1. The predicted molar refractivity (Wildman–Crippen MR) is 71.8 cm³/mol. The molecule has 0 aliphatic carbocycles. The molecule has 1 N–H and O–H groups in total. The second kappa shape index (κ2) is 7.17. The van der Waals surface area contributed by atoms with Crippen LogP contribution in [0.4, 0.5) is 22.0 Å². The first-order chi connectivity index (χ1) is 10.1. The predicted octanol–water partition coefficient (Wildman–Crippen LogP) is 3.52. The molecule has 0 spiro atoms. The zero-order valence-electron chi connectivity index (χ0n) is 12.7. The lowest BCUT2D eigenvalue weighted by Crippen LogP contribution is -2.44. The minimum absolute atomic E-state index is 0.200. The number of hydrogen-bond acceptors (Lipinski definition) is 2. The molecule has 22 heavy (non-hydrogen) atoms. The van der Waals surface area contributed by atoms with E-state index in [0.29, 0.717) is 0 Å². The highest BCUT2D eigenvalue weighted by molar-refractivity contribution is 5.86. The van der Waals surface area contributed by atoms with E-state index < -0.39 is 53.0 Å². The summed E-state index contributed by atoms with van der Waals surface area (Å²) in [7, 11) is 0. The molecule has 0 saturated heterocycles. The molecule has 0 saturated carbocycles. The fourth-order valence-corrected chi connectivity index (χ4v) is 2.08. The van der Waals surface area contributed by atoms with Crippen molar-refractivity contribution >= 4 is 5.78 Å². The molecular formula is C15H18F5NO. The van der Waals surface area contributed by atoms with Crippen LogP contribution in [0, 0.1) is 35.0 Å². The molecule has 2 nitrogen and oxygen atoms in total. The molecule has 1 atom stereocenters. The van der Waals surface area contributed by atoms with Crippen LogP contribution in [0.1, 0.15) is 33.3 Å². The Balaban J connectivity index is 3.27. The second-order valence-corrected chi connectivity index (χ2v) is 5.68. The number of halogens is 5. The summed E-state index contributed by atoms with van der Waals surface area (Å²) in [6, 6.07) is -1.23. The Hall–Kier alpha value is -1.50. The topological polar surface area (TPSA) is 29.1 Å². The van der Waals surface area contributed by atoms with Crippen LogP contribution in [0.15, 0.2) is 0 Å². The number of benzene rings is 1. The highest BCUT2D eigenvalue weighted by Crippen LogP contribution is 2.24. The van der Waals surface area contributed by atoms with Gasteiger partial charge in [-0.1, -0.05) is 27.7 Å². The van der Waals surface area contributed by atoms with Gasteiger partial charge in [0.25, 0.3) is 0 Å². The van der Waals surface area contributed by atoms with Crippen molar-refractivity contribution in [3.05, 3.63) is 34.6 Å². The molecule has 0 aromatic heterocycles. The van der Waals surface area contributed by atoms with E-state index in [1.54, 1.807) is 27.7 Å². The summed E-state index contributed by atoms with van der Waals surface area (Å²) in [6.45, 7) is 6.60. The molecule has 7 heteroatoms. The largest absolute Gasteiger partial charge is 0.305 e. The summed E-state index contributed by atoms with van der Waals surface area (Å²) in [5.74, 6) is -10.8. The average molecular weight is 323 g/mol. The molecule has 0 amide bonds. The first-order valence-corrected chi connectivity index (χ1v) is 6.87. The van der Waals surface area contributed by atoms with Gasteiger partial charge in [-0.05, 0) is 0 Å². The molecule has 0 aliphatic heterocycles. The number of carbonyl (C=O) groups is 1. The Morgan fingerprint density at radius 3 is 1.64 bits per heavy atom. The molecule has 1 rings (SSSR count). The third kappa shape index (κ3) is 3.82. The number of ketones is 1. The third-order valence-electron chi connectivity index (χ3n) is 3.16. The van der Waals surface area contributed by atoms with Crippen LogP contribution in [-0.4, -0.2) is 17.9 Å². The number of carbonyl (C=O) groups excluding carboxylic acids is 1. The fourth-order valence-electron chi connectivity index (χ4n) is 2.08. The van der Waals surface area contributed by atoms with Crippen LogP contribution in [0.5, 0.6) is 0 Å². The Kier molecular flexibility index (Phi) is 6.05. The summed E-state index contributed by atoms with van der Waals surface area (Å²) in [5, 5.41) is 2.80. The Morgan fingerprint density at radius 2 is 1.27 bits per heavy atom. The van der Waals surface area contributed by atoms with Crippen molar-refractivity contribution in [3.63, 3.8) is 0 Å². The van der Waals surface area contributed by atoms with E-state index in [9.17, 15) is 26.7 Å². The summed E-state index contributed by atoms with van der Waals surface area (Å²) < 4.78 is 66.8. The van der Waals surface area contributed by atoms with Crippen molar-refractivity contribution in [1.82, 2.24) is 5.32 Å². The van der Waals surface area contributed by atoms with Gasteiger partial charge in [-0.15, -0.1) is 0 Å². The third-order valence-corrected chi connectivity index (χ3v) is 3.16. The van der Waals surface area contributed by atoms with Crippen molar-refractivity contribution in [2.24, 2.45) is 5.92 Å². The Bertz CT molecular complexity index is 543. The van der Waals surface area contributed by atoms with Crippen molar-refractivity contribution < 1.29 is 26.7 Å². The van der Waals surface area contributed by atoms with Crippen LogP contribution in [0.3, 0.4) is 0 Å². The molecule has 1 aromatic rings. The van der Waals surface area contributed by atoms with Crippen molar-refractivity contribution in [2.45, 2.75) is 46.2 Å². The van der Waals surface area contributed by atoms with Gasteiger partial charge in [0.05, 0.1) is 6.04 Å². The second-order valence-electron chi connectivity index (χ2n) is 5.68. The van der Waals surface area contributed by atoms with Crippen LogP contribution < -0.4 is 5.32 Å².